The molecule has 1 aromatic carbocycles. The van der Waals surface area contributed by atoms with Gasteiger partial charge in [-0.3, -0.25) is 4.79 Å². The Morgan fingerprint density at radius 1 is 1.50 bits per heavy atom. The zero-order valence-electron chi connectivity index (χ0n) is 9.82. The second-order valence-corrected chi connectivity index (χ2v) is 3.42. The quantitative estimate of drug-likeness (QED) is 0.819. The molecule has 0 aliphatic carbocycles. The summed E-state index contributed by atoms with van der Waals surface area (Å²) in [4.78, 5) is 11.2. The Hall–Kier alpha value is -1.55. The van der Waals surface area contributed by atoms with E-state index in [4.69, 9.17) is 9.47 Å². The molecule has 0 aliphatic heterocycles. The third-order valence-corrected chi connectivity index (χ3v) is 2.25. The van der Waals surface area contributed by atoms with Crippen molar-refractivity contribution in [2.24, 2.45) is 0 Å². The van der Waals surface area contributed by atoms with E-state index in [1.54, 1.807) is 21.1 Å². The van der Waals surface area contributed by atoms with E-state index >= 15 is 0 Å². The second-order valence-electron chi connectivity index (χ2n) is 3.42. The molecule has 0 radical (unpaired) electrons. The normalized spacial score (nSPS) is 11.9. The molecular formula is C12H17NO3. The number of nitrogens with one attached hydrogen (secondary N) is 1. The molecule has 1 aromatic rings. The molecule has 4 heteroatoms. The molecule has 0 spiro atoms. The van der Waals surface area contributed by atoms with Gasteiger partial charge in [-0.2, -0.15) is 0 Å². The molecule has 1 unspecified atom stereocenters. The molecular weight excluding hydrogens is 206 g/mol. The van der Waals surface area contributed by atoms with Crippen LogP contribution in [0.4, 0.5) is 0 Å². The van der Waals surface area contributed by atoms with Crippen molar-refractivity contribution in [2.45, 2.75) is 19.6 Å². The van der Waals surface area contributed by atoms with Gasteiger partial charge in [-0.15, -0.1) is 0 Å². The van der Waals surface area contributed by atoms with Gasteiger partial charge in [0.1, 0.15) is 11.9 Å². The Bertz CT molecular complexity index is 352. The summed E-state index contributed by atoms with van der Waals surface area (Å²) >= 11 is 0. The van der Waals surface area contributed by atoms with Crippen LogP contribution < -0.4 is 10.1 Å². The third kappa shape index (κ3) is 3.55. The molecule has 0 saturated heterocycles. The van der Waals surface area contributed by atoms with Gasteiger partial charge in [0.15, 0.2) is 0 Å². The van der Waals surface area contributed by atoms with Gasteiger partial charge in [0.2, 0.25) is 5.91 Å². The lowest BCUT2D eigenvalue weighted by Crippen LogP contribution is -2.31. The molecule has 0 saturated carbocycles. The van der Waals surface area contributed by atoms with E-state index in [-0.39, 0.29) is 5.91 Å². The predicted molar refractivity (Wildman–Crippen MR) is 61.3 cm³/mol. The lowest BCUT2D eigenvalue weighted by atomic mass is 10.2. The zero-order valence-corrected chi connectivity index (χ0v) is 9.82. The smallest absolute Gasteiger partial charge is 0.248 e. The first-order valence-electron chi connectivity index (χ1n) is 5.13. The van der Waals surface area contributed by atoms with Gasteiger partial charge in [0, 0.05) is 7.05 Å². The Balaban J connectivity index is 2.51. The number of benzene rings is 1. The molecule has 0 aromatic heterocycles. The number of ether oxygens (including phenoxy) is 2. The highest BCUT2D eigenvalue weighted by Crippen LogP contribution is 2.13. The molecule has 16 heavy (non-hydrogen) atoms. The molecule has 0 aliphatic rings. The molecule has 1 rings (SSSR count). The monoisotopic (exact) mass is 223 g/mol. The summed E-state index contributed by atoms with van der Waals surface area (Å²) in [6.07, 6.45) is -0.448. The van der Waals surface area contributed by atoms with E-state index in [0.717, 1.165) is 11.3 Å². The van der Waals surface area contributed by atoms with Crippen LogP contribution in [-0.4, -0.2) is 26.2 Å². The summed E-state index contributed by atoms with van der Waals surface area (Å²) in [7, 11) is 3.21. The minimum atomic E-state index is -0.448. The summed E-state index contributed by atoms with van der Waals surface area (Å²) in [5.74, 6) is 0.664. The van der Waals surface area contributed by atoms with E-state index in [2.05, 4.69) is 5.32 Å². The molecule has 1 N–H and O–H groups in total. The van der Waals surface area contributed by atoms with Crippen LogP contribution in [0.1, 0.15) is 12.5 Å². The van der Waals surface area contributed by atoms with Crippen molar-refractivity contribution >= 4 is 5.91 Å². The third-order valence-electron chi connectivity index (χ3n) is 2.25. The Morgan fingerprint density at radius 3 is 2.88 bits per heavy atom. The van der Waals surface area contributed by atoms with Crippen LogP contribution in [0.25, 0.3) is 0 Å². The standard InChI is InChI=1S/C12H17NO3/c1-9(12(14)13-2)16-8-10-5-4-6-11(7-10)15-3/h4-7,9H,8H2,1-3H3,(H,13,14). The molecule has 1 atom stereocenters. The van der Waals surface area contributed by atoms with Gasteiger partial charge in [0.25, 0.3) is 0 Å². The van der Waals surface area contributed by atoms with Crippen LogP contribution in [0.3, 0.4) is 0 Å². The first-order chi connectivity index (χ1) is 7.67. The van der Waals surface area contributed by atoms with E-state index < -0.39 is 6.10 Å². The summed E-state index contributed by atoms with van der Waals surface area (Å²) in [6, 6.07) is 7.57. The fourth-order valence-electron chi connectivity index (χ4n) is 1.26. The van der Waals surface area contributed by atoms with Crippen molar-refractivity contribution in [2.75, 3.05) is 14.2 Å². The van der Waals surface area contributed by atoms with Crippen LogP contribution >= 0.6 is 0 Å². The summed E-state index contributed by atoms with van der Waals surface area (Å²) < 4.78 is 10.5. The predicted octanol–water partition coefficient (Wildman–Crippen LogP) is 1.35. The average Bonchev–Trinajstić information content (AvgIpc) is 2.35. The zero-order chi connectivity index (χ0) is 12.0. The van der Waals surface area contributed by atoms with Crippen molar-refractivity contribution < 1.29 is 14.3 Å². The van der Waals surface area contributed by atoms with Crippen molar-refractivity contribution in [1.82, 2.24) is 5.32 Å². The van der Waals surface area contributed by atoms with Crippen molar-refractivity contribution in [3.8, 4) is 5.75 Å². The van der Waals surface area contributed by atoms with E-state index in [1.165, 1.54) is 0 Å². The summed E-state index contributed by atoms with van der Waals surface area (Å²) in [6.45, 7) is 2.12. The van der Waals surface area contributed by atoms with Crippen LogP contribution in [0, 0.1) is 0 Å². The number of amides is 1. The molecule has 0 fully saturated rings. The van der Waals surface area contributed by atoms with E-state index in [9.17, 15) is 4.79 Å². The number of methoxy groups -OCH3 is 1. The highest BCUT2D eigenvalue weighted by Gasteiger charge is 2.10. The molecule has 0 bridgehead atoms. The highest BCUT2D eigenvalue weighted by molar-refractivity contribution is 5.79. The maximum atomic E-state index is 11.2. The maximum Gasteiger partial charge on any atom is 0.248 e. The Morgan fingerprint density at radius 2 is 2.25 bits per heavy atom. The van der Waals surface area contributed by atoms with Crippen molar-refractivity contribution in [3.63, 3.8) is 0 Å². The highest BCUT2D eigenvalue weighted by atomic mass is 16.5. The fourth-order valence-corrected chi connectivity index (χ4v) is 1.26. The molecule has 4 nitrogen and oxygen atoms in total. The number of carbonyl (C=O) groups excluding carboxylic acids is 1. The minimum absolute atomic E-state index is 0.122. The van der Waals surface area contributed by atoms with Gasteiger partial charge < -0.3 is 14.8 Å². The molecule has 88 valence electrons. The van der Waals surface area contributed by atoms with Crippen LogP contribution in [0.2, 0.25) is 0 Å². The van der Waals surface area contributed by atoms with Gasteiger partial charge in [-0.25, -0.2) is 0 Å². The Kier molecular flexibility index (Phi) is 4.79. The minimum Gasteiger partial charge on any atom is -0.497 e. The number of rotatable bonds is 5. The van der Waals surface area contributed by atoms with Crippen LogP contribution in [0.15, 0.2) is 24.3 Å². The van der Waals surface area contributed by atoms with Gasteiger partial charge in [-0.05, 0) is 24.6 Å². The maximum absolute atomic E-state index is 11.2. The number of likely N-dealkylation sites (N-methyl/N-ethyl adjacent to an activating group) is 1. The Labute approximate surface area is 95.6 Å². The summed E-state index contributed by atoms with van der Waals surface area (Å²) in [5.41, 5.74) is 0.982. The molecule has 0 heterocycles. The van der Waals surface area contributed by atoms with E-state index in [0.29, 0.717) is 6.61 Å². The lowest BCUT2D eigenvalue weighted by molar-refractivity contribution is -0.131. The first kappa shape index (κ1) is 12.5. The van der Waals surface area contributed by atoms with Crippen LogP contribution in [-0.2, 0) is 16.1 Å². The SMILES string of the molecule is CNC(=O)C(C)OCc1cccc(OC)c1. The topological polar surface area (TPSA) is 47.6 Å². The number of carbonyl (C=O) groups is 1. The average molecular weight is 223 g/mol. The summed E-state index contributed by atoms with van der Waals surface area (Å²) in [5, 5.41) is 2.53. The largest absolute Gasteiger partial charge is 0.497 e. The van der Waals surface area contributed by atoms with E-state index in [1.807, 2.05) is 24.3 Å². The fraction of sp³-hybridized carbons (Fsp3) is 0.417. The van der Waals surface area contributed by atoms with Gasteiger partial charge in [0.05, 0.1) is 13.7 Å². The number of hydrogen-bond donors (Lipinski definition) is 1. The van der Waals surface area contributed by atoms with Crippen molar-refractivity contribution in [3.05, 3.63) is 29.8 Å². The number of hydrogen-bond acceptors (Lipinski definition) is 3. The van der Waals surface area contributed by atoms with Gasteiger partial charge >= 0.3 is 0 Å². The lowest BCUT2D eigenvalue weighted by Gasteiger charge is -2.11. The van der Waals surface area contributed by atoms with Crippen LogP contribution in [0.5, 0.6) is 5.75 Å². The molecule has 1 amide bonds. The van der Waals surface area contributed by atoms with Crippen molar-refractivity contribution in [1.29, 1.82) is 0 Å². The second kappa shape index (κ2) is 6.12. The van der Waals surface area contributed by atoms with Gasteiger partial charge in [-0.1, -0.05) is 12.1 Å². The first-order valence-corrected chi connectivity index (χ1v) is 5.13.